The highest BCUT2D eigenvalue weighted by molar-refractivity contribution is 6.31. The fraction of sp³-hybridized carbons (Fsp3) is 0.250. The average Bonchev–Trinajstić information content (AvgIpc) is 2.42. The predicted octanol–water partition coefficient (Wildman–Crippen LogP) is 4.04. The van der Waals surface area contributed by atoms with Crippen LogP contribution in [0.25, 0.3) is 0 Å². The Morgan fingerprint density at radius 2 is 2.05 bits per heavy atom. The Morgan fingerprint density at radius 3 is 2.65 bits per heavy atom. The van der Waals surface area contributed by atoms with Crippen LogP contribution in [0.15, 0.2) is 36.4 Å². The molecule has 20 heavy (non-hydrogen) atoms. The second-order valence-corrected chi connectivity index (χ2v) is 5.14. The molecule has 0 amide bonds. The zero-order chi connectivity index (χ0) is 14.7. The quantitative estimate of drug-likeness (QED) is 0.923. The summed E-state index contributed by atoms with van der Waals surface area (Å²) in [5.41, 5.74) is 8.63. The molecule has 2 nitrogen and oxygen atoms in total. The summed E-state index contributed by atoms with van der Waals surface area (Å²) < 4.78 is 19.0. The third-order valence-corrected chi connectivity index (χ3v) is 3.72. The lowest BCUT2D eigenvalue weighted by Gasteiger charge is -2.17. The molecule has 0 heterocycles. The van der Waals surface area contributed by atoms with E-state index in [0.717, 1.165) is 16.9 Å². The molecule has 1 atom stereocenters. The highest BCUT2D eigenvalue weighted by Gasteiger charge is 2.15. The van der Waals surface area contributed by atoms with Crippen LogP contribution in [0.5, 0.6) is 5.75 Å². The lowest BCUT2D eigenvalue weighted by Crippen LogP contribution is -2.15. The summed E-state index contributed by atoms with van der Waals surface area (Å²) in [7, 11) is 1.62. The first-order chi connectivity index (χ1) is 9.52. The minimum atomic E-state index is -0.320. The highest BCUT2D eigenvalue weighted by Crippen LogP contribution is 2.27. The van der Waals surface area contributed by atoms with Crippen LogP contribution in [0.4, 0.5) is 4.39 Å². The van der Waals surface area contributed by atoms with Crippen molar-refractivity contribution < 1.29 is 9.13 Å². The Bertz CT molecular complexity index is 595. The molecular weight excluding hydrogens is 277 g/mol. The lowest BCUT2D eigenvalue weighted by atomic mass is 9.95. The predicted molar refractivity (Wildman–Crippen MR) is 79.8 cm³/mol. The molecule has 0 aromatic heterocycles. The summed E-state index contributed by atoms with van der Waals surface area (Å²) in [6.07, 6.45) is 0.360. The first-order valence-electron chi connectivity index (χ1n) is 6.36. The number of halogens is 2. The Balaban J connectivity index is 2.26. The Kier molecular flexibility index (Phi) is 4.63. The Hall–Kier alpha value is -1.58. The number of hydrogen-bond donors (Lipinski definition) is 1. The molecule has 0 aliphatic carbocycles. The van der Waals surface area contributed by atoms with Crippen LogP contribution >= 0.6 is 11.6 Å². The second-order valence-electron chi connectivity index (χ2n) is 4.73. The molecule has 2 rings (SSSR count). The van der Waals surface area contributed by atoms with Crippen molar-refractivity contribution in [3.63, 3.8) is 0 Å². The van der Waals surface area contributed by atoms with Gasteiger partial charge in [0.15, 0.2) is 0 Å². The molecule has 1 unspecified atom stereocenters. The van der Waals surface area contributed by atoms with Crippen LogP contribution in [0.1, 0.15) is 22.7 Å². The van der Waals surface area contributed by atoms with Gasteiger partial charge >= 0.3 is 0 Å². The molecule has 0 radical (unpaired) electrons. The van der Waals surface area contributed by atoms with Crippen molar-refractivity contribution in [2.45, 2.75) is 19.4 Å². The van der Waals surface area contributed by atoms with Gasteiger partial charge in [0.05, 0.1) is 7.11 Å². The molecule has 106 valence electrons. The summed E-state index contributed by atoms with van der Waals surface area (Å²) in [5, 5.41) is 0.409. The Morgan fingerprint density at radius 1 is 1.30 bits per heavy atom. The van der Waals surface area contributed by atoms with Gasteiger partial charge in [0.25, 0.3) is 0 Å². The molecule has 0 saturated heterocycles. The fourth-order valence-corrected chi connectivity index (χ4v) is 2.49. The molecule has 0 fully saturated rings. The topological polar surface area (TPSA) is 35.2 Å². The lowest BCUT2D eigenvalue weighted by molar-refractivity contribution is 0.414. The number of aryl methyl sites for hydroxylation is 1. The van der Waals surface area contributed by atoms with Crippen molar-refractivity contribution in [3.05, 3.63) is 63.9 Å². The fourth-order valence-electron chi connectivity index (χ4n) is 2.25. The third-order valence-electron chi connectivity index (χ3n) is 3.36. The van der Waals surface area contributed by atoms with Crippen molar-refractivity contribution in [2.24, 2.45) is 5.73 Å². The summed E-state index contributed by atoms with van der Waals surface area (Å²) >= 11 is 6.03. The zero-order valence-electron chi connectivity index (χ0n) is 11.5. The summed E-state index contributed by atoms with van der Waals surface area (Å²) in [5.74, 6) is 0.460. The van der Waals surface area contributed by atoms with E-state index in [0.29, 0.717) is 17.0 Å². The number of benzene rings is 2. The minimum Gasteiger partial charge on any atom is -0.497 e. The van der Waals surface area contributed by atoms with Crippen molar-refractivity contribution in [3.8, 4) is 5.75 Å². The van der Waals surface area contributed by atoms with Gasteiger partial charge in [-0.2, -0.15) is 0 Å². The monoisotopic (exact) mass is 293 g/mol. The van der Waals surface area contributed by atoms with Crippen LogP contribution in [-0.2, 0) is 6.42 Å². The van der Waals surface area contributed by atoms with Crippen molar-refractivity contribution >= 4 is 11.6 Å². The van der Waals surface area contributed by atoms with Crippen molar-refractivity contribution in [1.82, 2.24) is 0 Å². The van der Waals surface area contributed by atoms with Gasteiger partial charge in [-0.1, -0.05) is 23.7 Å². The van der Waals surface area contributed by atoms with Gasteiger partial charge in [-0.25, -0.2) is 4.39 Å². The second kappa shape index (κ2) is 6.25. The van der Waals surface area contributed by atoms with Crippen LogP contribution < -0.4 is 10.5 Å². The van der Waals surface area contributed by atoms with Crippen molar-refractivity contribution in [2.75, 3.05) is 7.11 Å². The Labute approximate surface area is 123 Å². The molecular formula is C16H17ClFNO. The maximum absolute atomic E-state index is 13.8. The summed E-state index contributed by atoms with van der Waals surface area (Å²) in [6, 6.07) is 10.0. The molecule has 0 saturated carbocycles. The van der Waals surface area contributed by atoms with E-state index in [2.05, 4.69) is 0 Å². The minimum absolute atomic E-state index is 0.310. The molecule has 2 aromatic rings. The first kappa shape index (κ1) is 14.8. The van der Waals surface area contributed by atoms with E-state index in [4.69, 9.17) is 22.1 Å². The van der Waals surface area contributed by atoms with Gasteiger partial charge in [-0.05, 0) is 48.7 Å². The number of nitrogens with two attached hydrogens (primary N) is 1. The van der Waals surface area contributed by atoms with Crippen LogP contribution in [0, 0.1) is 12.7 Å². The molecule has 0 aliphatic heterocycles. The van der Waals surface area contributed by atoms with Gasteiger partial charge in [-0.3, -0.25) is 0 Å². The van der Waals surface area contributed by atoms with E-state index in [1.165, 1.54) is 6.07 Å². The third kappa shape index (κ3) is 3.11. The summed E-state index contributed by atoms with van der Waals surface area (Å²) in [4.78, 5) is 0. The van der Waals surface area contributed by atoms with E-state index in [9.17, 15) is 4.39 Å². The standard InChI is InChI=1S/C16H17ClFNO/c1-10-8-11(20-2)6-7-12(10)16(19)9-13-14(17)4-3-5-15(13)18/h3-8,16H,9,19H2,1-2H3. The van der Waals surface area contributed by atoms with Gasteiger partial charge in [0.1, 0.15) is 11.6 Å². The van der Waals surface area contributed by atoms with Gasteiger partial charge < -0.3 is 10.5 Å². The molecule has 0 bridgehead atoms. The highest BCUT2D eigenvalue weighted by atomic mass is 35.5. The molecule has 4 heteroatoms. The average molecular weight is 294 g/mol. The summed E-state index contributed by atoms with van der Waals surface area (Å²) in [6.45, 7) is 1.96. The van der Waals surface area contributed by atoms with Gasteiger partial charge in [0, 0.05) is 16.6 Å². The van der Waals surface area contributed by atoms with Crippen molar-refractivity contribution in [1.29, 1.82) is 0 Å². The maximum Gasteiger partial charge on any atom is 0.127 e. The zero-order valence-corrected chi connectivity index (χ0v) is 12.2. The molecule has 2 aromatic carbocycles. The molecule has 2 N–H and O–H groups in total. The van der Waals surface area contributed by atoms with E-state index in [1.807, 2.05) is 25.1 Å². The number of hydrogen-bond acceptors (Lipinski definition) is 2. The number of ether oxygens (including phenoxy) is 1. The number of methoxy groups -OCH3 is 1. The largest absolute Gasteiger partial charge is 0.497 e. The molecule has 0 aliphatic rings. The van der Waals surface area contributed by atoms with E-state index in [-0.39, 0.29) is 11.9 Å². The van der Waals surface area contributed by atoms with E-state index in [1.54, 1.807) is 19.2 Å². The normalized spacial score (nSPS) is 12.2. The number of rotatable bonds is 4. The van der Waals surface area contributed by atoms with Crippen LogP contribution in [0.3, 0.4) is 0 Å². The smallest absolute Gasteiger partial charge is 0.127 e. The van der Waals surface area contributed by atoms with Gasteiger partial charge in [-0.15, -0.1) is 0 Å². The molecule has 0 spiro atoms. The SMILES string of the molecule is COc1ccc(C(N)Cc2c(F)cccc2Cl)c(C)c1. The van der Waals surface area contributed by atoms with E-state index >= 15 is 0 Å². The van der Waals surface area contributed by atoms with E-state index < -0.39 is 0 Å². The van der Waals surface area contributed by atoms with Gasteiger partial charge in [0.2, 0.25) is 0 Å². The maximum atomic E-state index is 13.8. The van der Waals surface area contributed by atoms with Crippen LogP contribution in [-0.4, -0.2) is 7.11 Å². The first-order valence-corrected chi connectivity index (χ1v) is 6.73. The van der Waals surface area contributed by atoms with Crippen LogP contribution in [0.2, 0.25) is 5.02 Å².